The van der Waals surface area contributed by atoms with Crippen molar-refractivity contribution in [3.05, 3.63) is 64.4 Å². The summed E-state index contributed by atoms with van der Waals surface area (Å²) in [6, 6.07) is 11.6. The minimum Gasteiger partial charge on any atom is -0.387 e. The third-order valence-corrected chi connectivity index (χ3v) is 3.58. The van der Waals surface area contributed by atoms with E-state index in [2.05, 4.69) is 10.6 Å². The van der Waals surface area contributed by atoms with E-state index >= 15 is 0 Å². The van der Waals surface area contributed by atoms with Gasteiger partial charge in [-0.15, -0.1) is 0 Å². The molecule has 3 N–H and O–H groups in total. The summed E-state index contributed by atoms with van der Waals surface area (Å²) in [5.41, 5.74) is 2.21. The van der Waals surface area contributed by atoms with Crippen molar-refractivity contribution in [1.29, 1.82) is 0 Å². The SMILES string of the molecule is CC(=O)Nc1ccc(CNCC(O)c2ccc(Cl)c(F)c2)cc1. The molecule has 1 amide bonds. The predicted octanol–water partition coefficient (Wildman–Crippen LogP) is 3.26. The van der Waals surface area contributed by atoms with E-state index < -0.39 is 11.9 Å². The standard InChI is InChI=1S/C17H18ClFN2O2/c1-11(22)21-14-5-2-12(3-6-14)9-20-10-17(23)13-4-7-15(18)16(19)8-13/h2-8,17,20,23H,9-10H2,1H3,(H,21,22). The van der Waals surface area contributed by atoms with E-state index in [4.69, 9.17) is 11.6 Å². The van der Waals surface area contributed by atoms with Crippen LogP contribution in [0.2, 0.25) is 5.02 Å². The molecule has 0 saturated heterocycles. The summed E-state index contributed by atoms with van der Waals surface area (Å²) in [6.07, 6.45) is -0.819. The average Bonchev–Trinajstić information content (AvgIpc) is 2.51. The molecule has 23 heavy (non-hydrogen) atoms. The summed E-state index contributed by atoms with van der Waals surface area (Å²) in [7, 11) is 0. The van der Waals surface area contributed by atoms with Gasteiger partial charge in [0.05, 0.1) is 11.1 Å². The Balaban J connectivity index is 1.84. The van der Waals surface area contributed by atoms with Crippen molar-refractivity contribution >= 4 is 23.2 Å². The number of hydrogen-bond donors (Lipinski definition) is 3. The highest BCUT2D eigenvalue weighted by atomic mass is 35.5. The van der Waals surface area contributed by atoms with Gasteiger partial charge in [-0.1, -0.05) is 29.8 Å². The van der Waals surface area contributed by atoms with Gasteiger partial charge in [-0.05, 0) is 35.4 Å². The summed E-state index contributed by atoms with van der Waals surface area (Å²) >= 11 is 5.62. The molecule has 1 atom stereocenters. The van der Waals surface area contributed by atoms with Gasteiger partial charge in [-0.25, -0.2) is 4.39 Å². The Morgan fingerprint density at radius 2 is 1.96 bits per heavy atom. The van der Waals surface area contributed by atoms with Gasteiger partial charge >= 0.3 is 0 Å². The Bertz CT molecular complexity index is 677. The van der Waals surface area contributed by atoms with Crippen molar-refractivity contribution in [2.75, 3.05) is 11.9 Å². The molecule has 0 saturated carbocycles. The van der Waals surface area contributed by atoms with Crippen LogP contribution in [0.15, 0.2) is 42.5 Å². The first-order valence-electron chi connectivity index (χ1n) is 7.16. The third kappa shape index (κ3) is 5.32. The number of carbonyl (C=O) groups is 1. The molecular weight excluding hydrogens is 319 g/mol. The largest absolute Gasteiger partial charge is 0.387 e. The van der Waals surface area contributed by atoms with Gasteiger partial charge < -0.3 is 15.7 Å². The molecule has 0 aliphatic carbocycles. The second kappa shape index (κ2) is 8.06. The van der Waals surface area contributed by atoms with Crippen molar-refractivity contribution in [2.45, 2.75) is 19.6 Å². The maximum absolute atomic E-state index is 13.4. The zero-order chi connectivity index (χ0) is 16.8. The lowest BCUT2D eigenvalue weighted by Crippen LogP contribution is -2.21. The van der Waals surface area contributed by atoms with Gasteiger partial charge in [0.2, 0.25) is 5.91 Å². The molecule has 0 radical (unpaired) electrons. The number of rotatable bonds is 6. The first kappa shape index (κ1) is 17.4. The van der Waals surface area contributed by atoms with Gasteiger partial charge in [0, 0.05) is 25.7 Å². The van der Waals surface area contributed by atoms with Gasteiger partial charge in [0.1, 0.15) is 5.82 Å². The summed E-state index contributed by atoms with van der Waals surface area (Å²) in [6.45, 7) is 2.29. The van der Waals surface area contributed by atoms with Crippen LogP contribution in [0.5, 0.6) is 0 Å². The van der Waals surface area contributed by atoms with Crippen LogP contribution in [0.4, 0.5) is 10.1 Å². The first-order valence-corrected chi connectivity index (χ1v) is 7.54. The molecular formula is C17H18ClFN2O2. The molecule has 0 spiro atoms. The van der Waals surface area contributed by atoms with Crippen LogP contribution in [-0.2, 0) is 11.3 Å². The average molecular weight is 337 g/mol. The Morgan fingerprint density at radius 1 is 1.26 bits per heavy atom. The molecule has 0 aromatic heterocycles. The molecule has 0 aliphatic rings. The highest BCUT2D eigenvalue weighted by Crippen LogP contribution is 2.20. The number of aliphatic hydroxyl groups excluding tert-OH is 1. The number of halogens is 2. The Kier molecular flexibility index (Phi) is 6.10. The lowest BCUT2D eigenvalue weighted by Gasteiger charge is -2.13. The Hall–Kier alpha value is -1.95. The number of nitrogens with one attached hydrogen (secondary N) is 2. The Morgan fingerprint density at radius 3 is 2.57 bits per heavy atom. The Labute approximate surface area is 139 Å². The van der Waals surface area contributed by atoms with E-state index in [0.717, 1.165) is 11.3 Å². The summed E-state index contributed by atoms with van der Waals surface area (Å²) in [5.74, 6) is -0.661. The summed E-state index contributed by atoms with van der Waals surface area (Å²) in [5, 5.41) is 15.9. The number of benzene rings is 2. The number of carbonyl (C=O) groups excluding carboxylic acids is 1. The molecule has 0 heterocycles. The van der Waals surface area contributed by atoms with Crippen molar-refractivity contribution in [3.63, 3.8) is 0 Å². The fourth-order valence-corrected chi connectivity index (χ4v) is 2.22. The van der Waals surface area contributed by atoms with Crippen LogP contribution in [0.1, 0.15) is 24.2 Å². The number of anilines is 1. The van der Waals surface area contributed by atoms with Crippen LogP contribution in [0.3, 0.4) is 0 Å². The lowest BCUT2D eigenvalue weighted by molar-refractivity contribution is -0.114. The second-order valence-electron chi connectivity index (χ2n) is 5.20. The molecule has 0 fully saturated rings. The third-order valence-electron chi connectivity index (χ3n) is 3.27. The van der Waals surface area contributed by atoms with E-state index in [1.807, 2.05) is 24.3 Å². The molecule has 1 unspecified atom stereocenters. The number of amides is 1. The molecule has 0 bridgehead atoms. The van der Waals surface area contributed by atoms with Gasteiger partial charge in [-0.3, -0.25) is 4.79 Å². The molecule has 0 aliphatic heterocycles. The van der Waals surface area contributed by atoms with Crippen LogP contribution >= 0.6 is 11.6 Å². The van der Waals surface area contributed by atoms with Crippen molar-refractivity contribution < 1.29 is 14.3 Å². The monoisotopic (exact) mass is 336 g/mol. The fourth-order valence-electron chi connectivity index (χ4n) is 2.10. The maximum Gasteiger partial charge on any atom is 0.221 e. The highest BCUT2D eigenvalue weighted by Gasteiger charge is 2.09. The lowest BCUT2D eigenvalue weighted by atomic mass is 10.1. The maximum atomic E-state index is 13.4. The molecule has 2 aromatic rings. The molecule has 6 heteroatoms. The van der Waals surface area contributed by atoms with Gasteiger partial charge in [-0.2, -0.15) is 0 Å². The van der Waals surface area contributed by atoms with E-state index in [1.54, 1.807) is 6.07 Å². The number of aliphatic hydroxyl groups is 1. The normalized spacial score (nSPS) is 12.0. The topological polar surface area (TPSA) is 61.4 Å². The van der Waals surface area contributed by atoms with Crippen molar-refractivity contribution in [3.8, 4) is 0 Å². The van der Waals surface area contributed by atoms with Crippen LogP contribution in [0, 0.1) is 5.82 Å². The summed E-state index contributed by atoms with van der Waals surface area (Å²) in [4.78, 5) is 10.9. The van der Waals surface area contributed by atoms with E-state index in [1.165, 1.54) is 19.1 Å². The van der Waals surface area contributed by atoms with Crippen LogP contribution in [0.25, 0.3) is 0 Å². The molecule has 2 rings (SSSR count). The van der Waals surface area contributed by atoms with Crippen molar-refractivity contribution in [1.82, 2.24) is 5.32 Å². The predicted molar refractivity (Wildman–Crippen MR) is 88.8 cm³/mol. The fraction of sp³-hybridized carbons (Fsp3) is 0.235. The second-order valence-corrected chi connectivity index (χ2v) is 5.61. The molecule has 2 aromatic carbocycles. The van der Waals surface area contributed by atoms with E-state index in [-0.39, 0.29) is 17.5 Å². The zero-order valence-electron chi connectivity index (χ0n) is 12.6. The quantitative estimate of drug-likeness (QED) is 0.758. The smallest absolute Gasteiger partial charge is 0.221 e. The first-order chi connectivity index (χ1) is 11.0. The van der Waals surface area contributed by atoms with Gasteiger partial charge in [0.25, 0.3) is 0 Å². The van der Waals surface area contributed by atoms with Crippen LogP contribution < -0.4 is 10.6 Å². The zero-order valence-corrected chi connectivity index (χ0v) is 13.4. The van der Waals surface area contributed by atoms with Crippen LogP contribution in [-0.4, -0.2) is 17.6 Å². The minimum absolute atomic E-state index is 0.0353. The number of hydrogen-bond acceptors (Lipinski definition) is 3. The van der Waals surface area contributed by atoms with Gasteiger partial charge in [0.15, 0.2) is 0 Å². The molecule has 122 valence electrons. The minimum atomic E-state index is -0.819. The molecule has 4 nitrogen and oxygen atoms in total. The highest BCUT2D eigenvalue weighted by molar-refractivity contribution is 6.30. The van der Waals surface area contributed by atoms with Crippen molar-refractivity contribution in [2.24, 2.45) is 0 Å². The van der Waals surface area contributed by atoms with E-state index in [0.29, 0.717) is 12.1 Å². The van der Waals surface area contributed by atoms with E-state index in [9.17, 15) is 14.3 Å². The summed E-state index contributed by atoms with van der Waals surface area (Å²) < 4.78 is 13.4.